The number of hydrazine groups is 1. The number of halogens is 3. The number of hydrogen-bond acceptors (Lipinski definition) is 8. The maximum absolute atomic E-state index is 13.0. The number of nitriles is 1. The van der Waals surface area contributed by atoms with Crippen molar-refractivity contribution in [3.05, 3.63) is 23.9 Å². The van der Waals surface area contributed by atoms with E-state index in [1.165, 1.54) is 6.20 Å². The summed E-state index contributed by atoms with van der Waals surface area (Å²) < 4.78 is 49.6. The molecule has 0 aliphatic carbocycles. The quantitative estimate of drug-likeness (QED) is 0.518. The molecule has 1 aromatic heterocycles. The van der Waals surface area contributed by atoms with Gasteiger partial charge >= 0.3 is 6.18 Å². The number of carbonyl (C=O) groups is 2. The molecule has 2 unspecified atom stereocenters. The highest BCUT2D eigenvalue weighted by molar-refractivity contribution is 5.80. The number of nitrogens with zero attached hydrogens (tertiary/aromatic N) is 4. The van der Waals surface area contributed by atoms with Gasteiger partial charge in [-0.15, -0.1) is 0 Å². The molecule has 0 bridgehead atoms. The van der Waals surface area contributed by atoms with E-state index in [4.69, 9.17) is 14.7 Å². The van der Waals surface area contributed by atoms with Crippen LogP contribution < -0.4 is 15.8 Å². The molecule has 3 heterocycles. The van der Waals surface area contributed by atoms with Gasteiger partial charge in [0.2, 0.25) is 11.8 Å². The second-order valence-corrected chi connectivity index (χ2v) is 7.55. The summed E-state index contributed by atoms with van der Waals surface area (Å²) in [6.45, 7) is 2.11. The van der Waals surface area contributed by atoms with Gasteiger partial charge in [-0.2, -0.15) is 18.4 Å². The zero-order valence-electron chi connectivity index (χ0n) is 17.8. The average Bonchev–Trinajstić information content (AvgIpc) is 2.80. The van der Waals surface area contributed by atoms with Crippen molar-refractivity contribution in [3.63, 3.8) is 0 Å². The van der Waals surface area contributed by atoms with Crippen LogP contribution in [0.2, 0.25) is 0 Å². The second-order valence-electron chi connectivity index (χ2n) is 7.55. The van der Waals surface area contributed by atoms with Crippen LogP contribution in [-0.2, 0) is 19.1 Å². The van der Waals surface area contributed by atoms with Crippen LogP contribution in [0.1, 0.15) is 12.0 Å². The molecule has 0 saturated carbocycles. The van der Waals surface area contributed by atoms with E-state index in [-0.39, 0.29) is 38.7 Å². The van der Waals surface area contributed by atoms with Crippen LogP contribution in [0.25, 0.3) is 0 Å². The van der Waals surface area contributed by atoms with Gasteiger partial charge in [-0.05, 0) is 12.1 Å². The Morgan fingerprint density at radius 3 is 2.61 bits per heavy atom. The number of aromatic nitrogens is 1. The molecule has 180 valence electrons. The van der Waals surface area contributed by atoms with Gasteiger partial charge in [0.25, 0.3) is 0 Å². The monoisotopic (exact) mass is 470 g/mol. The van der Waals surface area contributed by atoms with Gasteiger partial charge in [-0.3, -0.25) is 15.0 Å². The minimum absolute atomic E-state index is 0.00805. The minimum atomic E-state index is -4.70. The summed E-state index contributed by atoms with van der Waals surface area (Å²) >= 11 is 0. The lowest BCUT2D eigenvalue weighted by Gasteiger charge is -2.35. The molecule has 2 N–H and O–H groups in total. The van der Waals surface area contributed by atoms with Gasteiger partial charge < -0.3 is 19.3 Å². The molecule has 13 heteroatoms. The SMILES string of the molecule is N#Cc1ccc(N2CCN(C(=O)CCOCCOC3CNNC(=O)C3C(F)(F)F)CC2)nc1. The molecular weight excluding hydrogens is 445 g/mol. The van der Waals surface area contributed by atoms with E-state index in [2.05, 4.69) is 10.4 Å². The molecule has 1 aromatic rings. The lowest BCUT2D eigenvalue weighted by molar-refractivity contribution is -0.214. The number of pyridine rings is 1. The van der Waals surface area contributed by atoms with Gasteiger partial charge in [0.15, 0.2) is 5.92 Å². The van der Waals surface area contributed by atoms with Crippen molar-refractivity contribution in [3.8, 4) is 6.07 Å². The molecule has 10 nitrogen and oxygen atoms in total. The molecule has 33 heavy (non-hydrogen) atoms. The maximum atomic E-state index is 13.0. The highest BCUT2D eigenvalue weighted by atomic mass is 19.4. The number of piperazine rings is 1. The third kappa shape index (κ3) is 6.77. The van der Waals surface area contributed by atoms with E-state index < -0.39 is 24.1 Å². The molecule has 3 rings (SSSR count). The number of rotatable bonds is 8. The first kappa shape index (κ1) is 24.7. The fourth-order valence-electron chi connectivity index (χ4n) is 3.62. The Morgan fingerprint density at radius 2 is 1.97 bits per heavy atom. The number of anilines is 1. The van der Waals surface area contributed by atoms with E-state index in [1.807, 2.05) is 16.4 Å². The fourth-order valence-corrected chi connectivity index (χ4v) is 3.62. The predicted octanol–water partition coefficient (Wildman–Crippen LogP) is 0.207. The van der Waals surface area contributed by atoms with Crippen molar-refractivity contribution in [2.75, 3.05) is 57.4 Å². The Bertz CT molecular complexity index is 853. The number of amides is 2. The first-order chi connectivity index (χ1) is 15.8. The lowest BCUT2D eigenvalue weighted by atomic mass is 9.99. The molecule has 0 radical (unpaired) electrons. The normalized spacial score (nSPS) is 21.5. The Hall–Kier alpha value is -2.95. The molecule has 2 saturated heterocycles. The molecule has 0 aromatic carbocycles. The van der Waals surface area contributed by atoms with Crippen molar-refractivity contribution < 1.29 is 32.2 Å². The van der Waals surface area contributed by atoms with E-state index in [9.17, 15) is 22.8 Å². The van der Waals surface area contributed by atoms with Gasteiger partial charge in [0.05, 0.1) is 37.9 Å². The summed E-state index contributed by atoms with van der Waals surface area (Å²) in [5.74, 6) is -2.74. The van der Waals surface area contributed by atoms with Gasteiger partial charge in [0, 0.05) is 38.9 Å². The van der Waals surface area contributed by atoms with E-state index in [1.54, 1.807) is 17.0 Å². The first-order valence-corrected chi connectivity index (χ1v) is 10.5. The Morgan fingerprint density at radius 1 is 1.21 bits per heavy atom. The highest BCUT2D eigenvalue weighted by Crippen LogP contribution is 2.31. The predicted molar refractivity (Wildman–Crippen MR) is 109 cm³/mol. The van der Waals surface area contributed by atoms with Crippen molar-refractivity contribution in [1.82, 2.24) is 20.7 Å². The molecule has 2 fully saturated rings. The topological polar surface area (TPSA) is 120 Å². The molecule has 2 aliphatic rings. The van der Waals surface area contributed by atoms with Crippen LogP contribution in [0.5, 0.6) is 0 Å². The fraction of sp³-hybridized carbons (Fsp3) is 0.600. The van der Waals surface area contributed by atoms with Crippen molar-refractivity contribution in [1.29, 1.82) is 5.26 Å². The summed E-state index contributed by atoms with van der Waals surface area (Å²) in [5.41, 5.74) is 4.82. The number of alkyl halides is 3. The Kier molecular flexibility index (Phi) is 8.43. The highest BCUT2D eigenvalue weighted by Gasteiger charge is 2.51. The third-order valence-corrected chi connectivity index (χ3v) is 5.37. The number of ether oxygens (including phenoxy) is 2. The third-order valence-electron chi connectivity index (χ3n) is 5.37. The minimum Gasteiger partial charge on any atom is -0.379 e. The van der Waals surface area contributed by atoms with Crippen LogP contribution in [0.15, 0.2) is 18.3 Å². The number of nitrogens with one attached hydrogen (secondary N) is 2. The number of carbonyl (C=O) groups excluding carboxylic acids is 2. The number of hydrogen-bond donors (Lipinski definition) is 2. The zero-order valence-corrected chi connectivity index (χ0v) is 17.8. The van der Waals surface area contributed by atoms with Gasteiger partial charge in [-0.25, -0.2) is 10.4 Å². The second kappa shape index (κ2) is 11.3. The lowest BCUT2D eigenvalue weighted by Crippen LogP contribution is -2.60. The van der Waals surface area contributed by atoms with Crippen LogP contribution >= 0.6 is 0 Å². The molecule has 2 aliphatic heterocycles. The average molecular weight is 470 g/mol. The van der Waals surface area contributed by atoms with Crippen molar-refractivity contribution >= 4 is 17.6 Å². The largest absolute Gasteiger partial charge is 0.403 e. The summed E-state index contributed by atoms with van der Waals surface area (Å²) in [4.78, 5) is 31.8. The van der Waals surface area contributed by atoms with Gasteiger partial charge in [-0.1, -0.05) is 0 Å². The molecule has 2 atom stereocenters. The smallest absolute Gasteiger partial charge is 0.379 e. The summed E-state index contributed by atoms with van der Waals surface area (Å²) in [6.07, 6.45) is -4.39. The van der Waals surface area contributed by atoms with Crippen molar-refractivity contribution in [2.24, 2.45) is 5.92 Å². The Balaban J connectivity index is 1.31. The van der Waals surface area contributed by atoms with Crippen LogP contribution in [0, 0.1) is 17.2 Å². The standard InChI is InChI=1S/C20H25F3N6O4/c21-20(22,23)18-15(13-26-27-19(18)31)33-10-9-32-8-3-17(30)29-6-4-28(5-7-29)16-2-1-14(11-24)12-25-16/h1-2,12,15,18,26H,3-10,13H2,(H,27,31). The molecular formula is C20H25F3N6O4. The van der Waals surface area contributed by atoms with E-state index >= 15 is 0 Å². The molecule has 2 amide bonds. The first-order valence-electron chi connectivity index (χ1n) is 10.5. The van der Waals surface area contributed by atoms with Crippen LogP contribution in [-0.4, -0.2) is 86.5 Å². The van der Waals surface area contributed by atoms with E-state index in [0.717, 1.165) is 5.82 Å². The van der Waals surface area contributed by atoms with Crippen LogP contribution in [0.4, 0.5) is 19.0 Å². The maximum Gasteiger partial charge on any atom is 0.403 e. The zero-order chi connectivity index (χ0) is 23.8. The summed E-state index contributed by atoms with van der Waals surface area (Å²) in [5, 5.41) is 8.84. The Labute approximate surface area is 188 Å². The van der Waals surface area contributed by atoms with Crippen LogP contribution in [0.3, 0.4) is 0 Å². The molecule has 0 spiro atoms. The van der Waals surface area contributed by atoms with Crippen molar-refractivity contribution in [2.45, 2.75) is 18.7 Å². The van der Waals surface area contributed by atoms with Gasteiger partial charge in [0.1, 0.15) is 11.9 Å². The summed E-state index contributed by atoms with van der Waals surface area (Å²) in [6, 6.07) is 5.49. The van der Waals surface area contributed by atoms with E-state index in [0.29, 0.717) is 31.7 Å². The summed E-state index contributed by atoms with van der Waals surface area (Å²) in [7, 11) is 0.